The molecular formula is C16H16N6. The first-order chi connectivity index (χ1) is 10.9. The van der Waals surface area contributed by atoms with E-state index in [2.05, 4.69) is 30.6 Å². The lowest BCUT2D eigenvalue weighted by molar-refractivity contribution is 1.03. The lowest BCUT2D eigenvalue weighted by Crippen LogP contribution is -2.06. The maximum atomic E-state index is 4.43. The largest absolute Gasteiger partial charge is 0.366 e. The molecule has 0 spiro atoms. The van der Waals surface area contributed by atoms with Gasteiger partial charge in [-0.3, -0.25) is 9.97 Å². The molecule has 0 saturated carbocycles. The second-order valence-corrected chi connectivity index (χ2v) is 4.69. The van der Waals surface area contributed by atoms with Crippen LogP contribution in [0.3, 0.4) is 0 Å². The Morgan fingerprint density at radius 1 is 0.773 bits per heavy atom. The number of pyridine rings is 2. The SMILES string of the molecule is c1cncc(CNc2ccnc(NCc3ccncc3)n2)c1. The van der Waals surface area contributed by atoms with Crippen LogP contribution < -0.4 is 10.6 Å². The highest BCUT2D eigenvalue weighted by Gasteiger charge is 2.00. The van der Waals surface area contributed by atoms with Crippen molar-refractivity contribution in [1.29, 1.82) is 0 Å². The summed E-state index contributed by atoms with van der Waals surface area (Å²) in [5.41, 5.74) is 2.24. The molecule has 0 radical (unpaired) electrons. The van der Waals surface area contributed by atoms with Gasteiger partial charge in [-0.15, -0.1) is 0 Å². The first kappa shape index (κ1) is 13.9. The first-order valence-electron chi connectivity index (χ1n) is 6.99. The van der Waals surface area contributed by atoms with Gasteiger partial charge in [-0.1, -0.05) is 6.07 Å². The van der Waals surface area contributed by atoms with Gasteiger partial charge in [0.15, 0.2) is 0 Å². The molecule has 3 rings (SSSR count). The van der Waals surface area contributed by atoms with Crippen LogP contribution in [0, 0.1) is 0 Å². The zero-order valence-corrected chi connectivity index (χ0v) is 12.0. The number of hydrogen-bond acceptors (Lipinski definition) is 6. The summed E-state index contributed by atoms with van der Waals surface area (Å²) < 4.78 is 0. The summed E-state index contributed by atoms with van der Waals surface area (Å²) >= 11 is 0. The maximum absolute atomic E-state index is 4.43. The molecule has 0 aromatic carbocycles. The predicted molar refractivity (Wildman–Crippen MR) is 85.2 cm³/mol. The monoisotopic (exact) mass is 292 g/mol. The highest BCUT2D eigenvalue weighted by molar-refractivity contribution is 5.40. The highest BCUT2D eigenvalue weighted by Crippen LogP contribution is 2.09. The molecule has 0 aliphatic carbocycles. The molecule has 6 heteroatoms. The van der Waals surface area contributed by atoms with E-state index in [9.17, 15) is 0 Å². The fourth-order valence-corrected chi connectivity index (χ4v) is 1.92. The zero-order chi connectivity index (χ0) is 15.0. The van der Waals surface area contributed by atoms with Crippen molar-refractivity contribution in [2.75, 3.05) is 10.6 Å². The Morgan fingerprint density at radius 2 is 1.64 bits per heavy atom. The molecule has 0 unspecified atom stereocenters. The minimum Gasteiger partial charge on any atom is -0.366 e. The summed E-state index contributed by atoms with van der Waals surface area (Å²) in [5.74, 6) is 1.36. The van der Waals surface area contributed by atoms with E-state index in [-0.39, 0.29) is 0 Å². The molecule has 6 nitrogen and oxygen atoms in total. The van der Waals surface area contributed by atoms with Crippen LogP contribution in [0.25, 0.3) is 0 Å². The number of rotatable bonds is 6. The summed E-state index contributed by atoms with van der Waals surface area (Å²) in [6.45, 7) is 1.34. The van der Waals surface area contributed by atoms with Crippen molar-refractivity contribution in [3.05, 3.63) is 72.4 Å². The summed E-state index contributed by atoms with van der Waals surface area (Å²) in [4.78, 5) is 16.7. The Kier molecular flexibility index (Phi) is 4.51. The second kappa shape index (κ2) is 7.12. The van der Waals surface area contributed by atoms with Crippen molar-refractivity contribution < 1.29 is 0 Å². The maximum Gasteiger partial charge on any atom is 0.224 e. The molecule has 0 atom stereocenters. The van der Waals surface area contributed by atoms with E-state index in [1.54, 1.807) is 24.8 Å². The van der Waals surface area contributed by atoms with E-state index in [0.29, 0.717) is 19.0 Å². The lowest BCUT2D eigenvalue weighted by Gasteiger charge is -2.08. The van der Waals surface area contributed by atoms with Gasteiger partial charge in [0.2, 0.25) is 5.95 Å². The fraction of sp³-hybridized carbons (Fsp3) is 0.125. The summed E-state index contributed by atoms with van der Waals surface area (Å²) in [6.07, 6.45) is 8.85. The Balaban J connectivity index is 1.58. The van der Waals surface area contributed by atoms with Gasteiger partial charge < -0.3 is 10.6 Å². The fourth-order valence-electron chi connectivity index (χ4n) is 1.92. The van der Waals surface area contributed by atoms with Gasteiger partial charge in [0, 0.05) is 44.1 Å². The van der Waals surface area contributed by atoms with Crippen LogP contribution in [0.1, 0.15) is 11.1 Å². The van der Waals surface area contributed by atoms with Crippen LogP contribution in [0.5, 0.6) is 0 Å². The normalized spacial score (nSPS) is 10.2. The van der Waals surface area contributed by atoms with Crippen molar-refractivity contribution in [2.24, 2.45) is 0 Å². The molecule has 0 fully saturated rings. The van der Waals surface area contributed by atoms with Crippen LogP contribution in [0.4, 0.5) is 11.8 Å². The first-order valence-corrected chi connectivity index (χ1v) is 6.99. The van der Waals surface area contributed by atoms with Crippen LogP contribution in [-0.4, -0.2) is 19.9 Å². The number of anilines is 2. The minimum absolute atomic E-state index is 0.591. The Morgan fingerprint density at radius 3 is 2.45 bits per heavy atom. The van der Waals surface area contributed by atoms with E-state index in [1.807, 2.05) is 36.5 Å². The van der Waals surface area contributed by atoms with E-state index in [1.165, 1.54) is 0 Å². The predicted octanol–water partition coefficient (Wildman–Crippen LogP) is 2.49. The molecule has 2 N–H and O–H groups in total. The van der Waals surface area contributed by atoms with Crippen molar-refractivity contribution >= 4 is 11.8 Å². The lowest BCUT2D eigenvalue weighted by atomic mass is 10.3. The smallest absolute Gasteiger partial charge is 0.224 e. The van der Waals surface area contributed by atoms with Crippen LogP contribution >= 0.6 is 0 Å². The van der Waals surface area contributed by atoms with Crippen molar-refractivity contribution in [3.8, 4) is 0 Å². The second-order valence-electron chi connectivity index (χ2n) is 4.69. The van der Waals surface area contributed by atoms with Crippen molar-refractivity contribution in [1.82, 2.24) is 19.9 Å². The third-order valence-corrected chi connectivity index (χ3v) is 3.05. The molecule has 0 aliphatic heterocycles. The van der Waals surface area contributed by atoms with Gasteiger partial charge in [-0.05, 0) is 35.4 Å². The summed E-state index contributed by atoms with van der Waals surface area (Å²) in [7, 11) is 0. The van der Waals surface area contributed by atoms with E-state index in [0.717, 1.165) is 16.9 Å². The third kappa shape index (κ3) is 3.99. The standard InChI is InChI=1S/C16H16N6/c1-2-14(10-18-6-1)12-20-15-5-9-19-16(22-15)21-11-13-3-7-17-8-4-13/h1-10H,11-12H2,(H2,19,20,21,22). The molecule has 0 saturated heterocycles. The topological polar surface area (TPSA) is 75.6 Å². The Hall–Kier alpha value is -3.02. The number of aromatic nitrogens is 4. The molecule has 3 heterocycles. The Bertz CT molecular complexity index is 643. The number of nitrogens with zero attached hydrogens (tertiary/aromatic N) is 4. The third-order valence-electron chi connectivity index (χ3n) is 3.05. The molecule has 0 bridgehead atoms. The van der Waals surface area contributed by atoms with Crippen LogP contribution in [0.2, 0.25) is 0 Å². The van der Waals surface area contributed by atoms with E-state index < -0.39 is 0 Å². The number of hydrogen-bond donors (Lipinski definition) is 2. The van der Waals surface area contributed by atoms with Crippen molar-refractivity contribution in [3.63, 3.8) is 0 Å². The van der Waals surface area contributed by atoms with Crippen LogP contribution in [0.15, 0.2) is 61.3 Å². The van der Waals surface area contributed by atoms with Gasteiger partial charge in [0.05, 0.1) is 0 Å². The molecule has 3 aromatic rings. The van der Waals surface area contributed by atoms with Gasteiger partial charge in [0.25, 0.3) is 0 Å². The summed E-state index contributed by atoms with van der Waals surface area (Å²) in [5, 5.41) is 6.46. The molecule has 0 amide bonds. The minimum atomic E-state index is 0.591. The van der Waals surface area contributed by atoms with Gasteiger partial charge in [-0.2, -0.15) is 4.98 Å². The van der Waals surface area contributed by atoms with Gasteiger partial charge in [-0.25, -0.2) is 4.98 Å². The Labute approximate surface area is 128 Å². The van der Waals surface area contributed by atoms with Gasteiger partial charge >= 0.3 is 0 Å². The summed E-state index contributed by atoms with van der Waals surface area (Å²) in [6, 6.07) is 9.69. The molecule has 3 aromatic heterocycles. The van der Waals surface area contributed by atoms with Gasteiger partial charge in [0.1, 0.15) is 5.82 Å². The molecule has 22 heavy (non-hydrogen) atoms. The number of nitrogens with one attached hydrogen (secondary N) is 2. The van der Waals surface area contributed by atoms with Crippen LogP contribution in [-0.2, 0) is 13.1 Å². The average molecular weight is 292 g/mol. The molecule has 110 valence electrons. The zero-order valence-electron chi connectivity index (χ0n) is 12.0. The van der Waals surface area contributed by atoms with E-state index >= 15 is 0 Å². The average Bonchev–Trinajstić information content (AvgIpc) is 2.60. The molecular weight excluding hydrogens is 276 g/mol. The highest BCUT2D eigenvalue weighted by atomic mass is 15.1. The van der Waals surface area contributed by atoms with Crippen molar-refractivity contribution in [2.45, 2.75) is 13.1 Å². The molecule has 0 aliphatic rings. The quantitative estimate of drug-likeness (QED) is 0.727. The van der Waals surface area contributed by atoms with E-state index in [4.69, 9.17) is 0 Å².